The maximum absolute atomic E-state index is 11.3. The predicted octanol–water partition coefficient (Wildman–Crippen LogP) is 2.79. The molecular weight excluding hydrogens is 360 g/mol. The molecule has 0 aromatic carbocycles. The van der Waals surface area contributed by atoms with Crippen LogP contribution in [-0.4, -0.2) is 39.1 Å². The molecule has 0 bridgehead atoms. The van der Waals surface area contributed by atoms with E-state index in [0.717, 1.165) is 0 Å². The Bertz CT molecular complexity index is 718. The van der Waals surface area contributed by atoms with Crippen molar-refractivity contribution >= 4 is 40.0 Å². The Morgan fingerprint density at radius 1 is 1.30 bits per heavy atom. The molecule has 0 radical (unpaired) electrons. The lowest BCUT2D eigenvalue weighted by Gasteiger charge is -2.09. The molecule has 23 heavy (non-hydrogen) atoms. The zero-order valence-electron chi connectivity index (χ0n) is 12.7. The first-order chi connectivity index (χ1) is 11.0. The molecule has 2 aromatic heterocycles. The van der Waals surface area contributed by atoms with E-state index in [4.69, 9.17) is 21.1 Å². The van der Waals surface area contributed by atoms with Crippen molar-refractivity contribution in [1.29, 1.82) is 0 Å². The molecule has 0 fully saturated rings. The Morgan fingerprint density at radius 3 is 2.74 bits per heavy atom. The van der Waals surface area contributed by atoms with Crippen LogP contribution in [-0.2, 0) is 11.0 Å². The van der Waals surface area contributed by atoms with Crippen LogP contribution in [0.5, 0.6) is 11.8 Å². The van der Waals surface area contributed by atoms with Crippen LogP contribution in [0.3, 0.4) is 0 Å². The van der Waals surface area contributed by atoms with Crippen molar-refractivity contribution in [3.8, 4) is 11.8 Å². The van der Waals surface area contributed by atoms with E-state index in [1.54, 1.807) is 18.3 Å². The molecule has 0 aliphatic carbocycles. The predicted molar refractivity (Wildman–Crippen MR) is 90.8 cm³/mol. The highest BCUT2D eigenvalue weighted by molar-refractivity contribution is 7.99. The second-order valence-corrected chi connectivity index (χ2v) is 6.67. The molecule has 2 aromatic rings. The van der Waals surface area contributed by atoms with Crippen LogP contribution in [0.2, 0.25) is 5.15 Å². The van der Waals surface area contributed by atoms with Gasteiger partial charge in [0.2, 0.25) is 0 Å². The summed E-state index contributed by atoms with van der Waals surface area (Å²) in [6, 6.07) is 3.32. The maximum Gasteiger partial charge on any atom is 0.278 e. The standard InChI is InChI=1S/C13H15ClN4O3S2/c1-4-21-12-13(20-2)17-11(7-15-12)22-10-6-8(18-23(3)19)5-9(14)16-10/h5-7H,4H2,1-3H3,(H,16,18). The van der Waals surface area contributed by atoms with Crippen LogP contribution in [0.15, 0.2) is 28.4 Å². The minimum absolute atomic E-state index is 0.286. The molecule has 124 valence electrons. The van der Waals surface area contributed by atoms with Gasteiger partial charge in [0.15, 0.2) is 0 Å². The number of halogens is 1. The summed E-state index contributed by atoms with van der Waals surface area (Å²) in [5.74, 6) is 0.633. The summed E-state index contributed by atoms with van der Waals surface area (Å²) in [6.45, 7) is 2.32. The maximum atomic E-state index is 11.3. The monoisotopic (exact) mass is 374 g/mol. The summed E-state index contributed by atoms with van der Waals surface area (Å²) in [5.41, 5.74) is 0.610. The number of hydrogen-bond donors (Lipinski definition) is 1. The summed E-state index contributed by atoms with van der Waals surface area (Å²) >= 11 is 7.24. The first-order valence-electron chi connectivity index (χ1n) is 6.51. The topological polar surface area (TPSA) is 86.2 Å². The van der Waals surface area contributed by atoms with E-state index in [-0.39, 0.29) is 5.15 Å². The summed E-state index contributed by atoms with van der Waals surface area (Å²) in [7, 11) is 0.297. The van der Waals surface area contributed by atoms with Gasteiger partial charge in [0.05, 0.1) is 25.6 Å². The van der Waals surface area contributed by atoms with E-state index in [9.17, 15) is 4.21 Å². The van der Waals surface area contributed by atoms with Gasteiger partial charge >= 0.3 is 0 Å². The van der Waals surface area contributed by atoms with Crippen LogP contribution >= 0.6 is 23.4 Å². The van der Waals surface area contributed by atoms with Gasteiger partial charge in [-0.05, 0) is 30.8 Å². The van der Waals surface area contributed by atoms with Gasteiger partial charge in [-0.15, -0.1) is 0 Å². The summed E-state index contributed by atoms with van der Waals surface area (Å²) < 4.78 is 24.5. The Morgan fingerprint density at radius 2 is 2.09 bits per heavy atom. The number of hydrogen-bond acceptors (Lipinski definition) is 7. The Balaban J connectivity index is 2.24. The number of nitrogens with one attached hydrogen (secondary N) is 1. The Hall–Kier alpha value is -1.58. The first kappa shape index (κ1) is 17.8. The lowest BCUT2D eigenvalue weighted by molar-refractivity contribution is 0.289. The second kappa shape index (κ2) is 8.32. The molecule has 1 unspecified atom stereocenters. The van der Waals surface area contributed by atoms with Gasteiger partial charge in [-0.25, -0.2) is 19.2 Å². The summed E-state index contributed by atoms with van der Waals surface area (Å²) in [4.78, 5) is 12.7. The number of anilines is 1. The molecular formula is C13H15ClN4O3S2. The van der Waals surface area contributed by atoms with Gasteiger partial charge in [-0.2, -0.15) is 0 Å². The second-order valence-electron chi connectivity index (χ2n) is 4.13. The highest BCUT2D eigenvalue weighted by atomic mass is 35.5. The van der Waals surface area contributed by atoms with Gasteiger partial charge in [0.25, 0.3) is 11.8 Å². The minimum atomic E-state index is -1.20. The number of ether oxygens (including phenoxy) is 2. The molecule has 1 atom stereocenters. The SMILES string of the molecule is CCOc1ncc(Sc2cc(NS(C)=O)cc(Cl)n2)nc1OC. The smallest absolute Gasteiger partial charge is 0.278 e. The van der Waals surface area contributed by atoms with Gasteiger partial charge in [-0.3, -0.25) is 0 Å². The third kappa shape index (κ3) is 5.22. The van der Waals surface area contributed by atoms with E-state index < -0.39 is 11.0 Å². The zero-order valence-corrected chi connectivity index (χ0v) is 15.1. The largest absolute Gasteiger partial charge is 0.477 e. The quantitative estimate of drug-likeness (QED) is 0.745. The minimum Gasteiger partial charge on any atom is -0.477 e. The van der Waals surface area contributed by atoms with Crippen molar-refractivity contribution in [2.75, 3.05) is 24.7 Å². The molecule has 7 nitrogen and oxygen atoms in total. The van der Waals surface area contributed by atoms with E-state index in [1.807, 2.05) is 6.92 Å². The fourth-order valence-electron chi connectivity index (χ4n) is 1.62. The lowest BCUT2D eigenvalue weighted by atomic mass is 10.4. The average molecular weight is 375 g/mol. The van der Waals surface area contributed by atoms with Crippen molar-refractivity contribution in [2.45, 2.75) is 17.0 Å². The molecule has 0 spiro atoms. The van der Waals surface area contributed by atoms with Crippen LogP contribution in [0, 0.1) is 0 Å². The number of nitrogens with zero attached hydrogens (tertiary/aromatic N) is 3. The third-order valence-electron chi connectivity index (χ3n) is 2.40. The van der Waals surface area contributed by atoms with Crippen molar-refractivity contribution in [3.63, 3.8) is 0 Å². The number of aromatic nitrogens is 3. The van der Waals surface area contributed by atoms with Gasteiger partial charge in [-0.1, -0.05) is 11.6 Å². The molecule has 10 heteroatoms. The molecule has 0 amide bonds. The molecule has 0 aliphatic heterocycles. The molecule has 0 aliphatic rings. The highest BCUT2D eigenvalue weighted by Crippen LogP contribution is 2.31. The first-order valence-corrected chi connectivity index (χ1v) is 9.26. The van der Waals surface area contributed by atoms with Gasteiger partial charge < -0.3 is 14.2 Å². The fourth-order valence-corrected chi connectivity index (χ4v) is 3.11. The van der Waals surface area contributed by atoms with Crippen LogP contribution in [0.25, 0.3) is 0 Å². The molecule has 2 heterocycles. The van der Waals surface area contributed by atoms with Crippen LogP contribution in [0.1, 0.15) is 6.92 Å². The van der Waals surface area contributed by atoms with E-state index in [2.05, 4.69) is 19.7 Å². The Labute approximate surface area is 145 Å². The molecule has 2 rings (SSSR count). The third-order valence-corrected chi connectivity index (χ3v) is 3.94. The van der Waals surface area contributed by atoms with E-state index in [1.165, 1.54) is 25.1 Å². The number of methoxy groups -OCH3 is 1. The Kier molecular flexibility index (Phi) is 6.43. The fraction of sp³-hybridized carbons (Fsp3) is 0.308. The van der Waals surface area contributed by atoms with Gasteiger partial charge in [0, 0.05) is 6.26 Å². The van der Waals surface area contributed by atoms with Crippen molar-refractivity contribution in [1.82, 2.24) is 15.0 Å². The van der Waals surface area contributed by atoms with Crippen molar-refractivity contribution < 1.29 is 13.7 Å². The van der Waals surface area contributed by atoms with E-state index in [0.29, 0.717) is 34.1 Å². The summed E-state index contributed by atoms with van der Waals surface area (Å²) in [5, 5.41) is 1.45. The normalized spacial score (nSPS) is 11.8. The highest BCUT2D eigenvalue weighted by Gasteiger charge is 2.11. The van der Waals surface area contributed by atoms with Crippen molar-refractivity contribution in [2.24, 2.45) is 0 Å². The van der Waals surface area contributed by atoms with Crippen molar-refractivity contribution in [3.05, 3.63) is 23.5 Å². The van der Waals surface area contributed by atoms with Crippen LogP contribution < -0.4 is 14.2 Å². The zero-order chi connectivity index (χ0) is 16.8. The molecule has 0 saturated heterocycles. The number of pyridine rings is 1. The lowest BCUT2D eigenvalue weighted by Crippen LogP contribution is -2.02. The van der Waals surface area contributed by atoms with E-state index >= 15 is 0 Å². The van der Waals surface area contributed by atoms with Crippen LogP contribution in [0.4, 0.5) is 5.69 Å². The average Bonchev–Trinajstić information content (AvgIpc) is 2.47. The summed E-state index contributed by atoms with van der Waals surface area (Å²) in [6.07, 6.45) is 3.09. The molecule has 1 N–H and O–H groups in total. The molecule has 0 saturated carbocycles. The number of rotatable bonds is 7. The van der Waals surface area contributed by atoms with Gasteiger partial charge in [0.1, 0.15) is 26.2 Å².